The molecule has 2 aromatic rings. The van der Waals surface area contributed by atoms with E-state index in [-0.39, 0.29) is 5.91 Å². The molecule has 0 heterocycles. The van der Waals surface area contributed by atoms with Crippen LogP contribution in [-0.4, -0.2) is 39.3 Å². The van der Waals surface area contributed by atoms with Gasteiger partial charge in [-0.2, -0.15) is 0 Å². The van der Waals surface area contributed by atoms with Crippen LogP contribution in [0.5, 0.6) is 11.5 Å². The lowest BCUT2D eigenvalue weighted by molar-refractivity contribution is -0.169. The maximum absolute atomic E-state index is 12.7. The number of rotatable bonds is 6. The van der Waals surface area contributed by atoms with Gasteiger partial charge in [-0.1, -0.05) is 24.3 Å². The zero-order valence-corrected chi connectivity index (χ0v) is 13.8. The molecular formula is C18H21NO4. The Balaban J connectivity index is 2.43. The van der Waals surface area contributed by atoms with E-state index in [0.717, 1.165) is 22.6 Å². The van der Waals surface area contributed by atoms with Crippen LogP contribution in [-0.2, 0) is 9.63 Å². The van der Waals surface area contributed by atoms with Crippen LogP contribution in [0.1, 0.15) is 17.0 Å². The summed E-state index contributed by atoms with van der Waals surface area (Å²) in [6, 6.07) is 14.9. The third-order valence-corrected chi connectivity index (χ3v) is 3.73. The van der Waals surface area contributed by atoms with E-state index in [1.165, 1.54) is 12.2 Å². The molecule has 0 N–H and O–H groups in total. The summed E-state index contributed by atoms with van der Waals surface area (Å²) in [5.74, 6) is 0.879. The van der Waals surface area contributed by atoms with Gasteiger partial charge in [0.15, 0.2) is 0 Å². The minimum Gasteiger partial charge on any atom is -0.497 e. The van der Waals surface area contributed by atoms with Gasteiger partial charge < -0.3 is 9.47 Å². The average molecular weight is 315 g/mol. The molecule has 23 heavy (non-hydrogen) atoms. The lowest BCUT2D eigenvalue weighted by atomic mass is 9.90. The Hall–Kier alpha value is -2.53. The van der Waals surface area contributed by atoms with Gasteiger partial charge in [0.05, 0.1) is 27.2 Å². The predicted octanol–water partition coefficient (Wildman–Crippen LogP) is 2.86. The van der Waals surface area contributed by atoms with Crippen LogP contribution in [0.3, 0.4) is 0 Å². The molecular weight excluding hydrogens is 294 g/mol. The van der Waals surface area contributed by atoms with Crippen LogP contribution in [0.4, 0.5) is 0 Å². The van der Waals surface area contributed by atoms with Crippen LogP contribution in [0.15, 0.2) is 48.5 Å². The minimum absolute atomic E-state index is 0.150. The standard InChI is InChI=1S/C18H21NO4/c1-19(23-4)18(20)17(13-5-9-15(21-2)10-6-13)14-7-11-16(22-3)12-8-14/h5-12,17H,1-4H3. The monoisotopic (exact) mass is 315 g/mol. The second-order valence-electron chi connectivity index (χ2n) is 5.00. The second kappa shape index (κ2) is 7.65. The molecule has 0 saturated carbocycles. The van der Waals surface area contributed by atoms with E-state index in [1.54, 1.807) is 21.3 Å². The van der Waals surface area contributed by atoms with Gasteiger partial charge in [0.2, 0.25) is 0 Å². The van der Waals surface area contributed by atoms with Crippen molar-refractivity contribution in [2.24, 2.45) is 0 Å². The SMILES string of the molecule is COc1ccc(C(C(=O)N(C)OC)c2ccc(OC)cc2)cc1. The van der Waals surface area contributed by atoms with Crippen LogP contribution in [0.25, 0.3) is 0 Å². The Labute approximate surface area is 136 Å². The Morgan fingerprint density at radius 1 is 0.826 bits per heavy atom. The van der Waals surface area contributed by atoms with Gasteiger partial charge in [0, 0.05) is 7.05 Å². The molecule has 5 heteroatoms. The number of carbonyl (C=O) groups excluding carboxylic acids is 1. The maximum atomic E-state index is 12.7. The van der Waals surface area contributed by atoms with Crippen molar-refractivity contribution in [2.75, 3.05) is 28.4 Å². The van der Waals surface area contributed by atoms with Crippen molar-refractivity contribution in [1.29, 1.82) is 0 Å². The number of amides is 1. The highest BCUT2D eigenvalue weighted by atomic mass is 16.7. The van der Waals surface area contributed by atoms with Crippen LogP contribution in [0.2, 0.25) is 0 Å². The van der Waals surface area contributed by atoms with Crippen molar-refractivity contribution in [2.45, 2.75) is 5.92 Å². The van der Waals surface area contributed by atoms with Crippen molar-refractivity contribution in [3.63, 3.8) is 0 Å². The first-order valence-corrected chi connectivity index (χ1v) is 7.20. The molecule has 0 aliphatic heterocycles. The maximum Gasteiger partial charge on any atom is 0.257 e. The number of ether oxygens (including phenoxy) is 2. The van der Waals surface area contributed by atoms with Crippen molar-refractivity contribution in [1.82, 2.24) is 5.06 Å². The molecule has 0 aliphatic carbocycles. The number of likely N-dealkylation sites (N-methyl/N-ethyl adjacent to an activating group) is 1. The Kier molecular flexibility index (Phi) is 5.60. The molecule has 0 aromatic heterocycles. The molecule has 0 atom stereocenters. The molecule has 0 spiro atoms. The lowest BCUT2D eigenvalue weighted by Crippen LogP contribution is -2.31. The van der Waals surface area contributed by atoms with E-state index in [0.29, 0.717) is 0 Å². The third kappa shape index (κ3) is 3.81. The first-order valence-electron chi connectivity index (χ1n) is 7.20. The first kappa shape index (κ1) is 16.8. The van der Waals surface area contributed by atoms with Crippen LogP contribution >= 0.6 is 0 Å². The van der Waals surface area contributed by atoms with Crippen molar-refractivity contribution >= 4 is 5.91 Å². The smallest absolute Gasteiger partial charge is 0.257 e. The number of methoxy groups -OCH3 is 2. The molecule has 2 rings (SSSR count). The second-order valence-corrected chi connectivity index (χ2v) is 5.00. The number of nitrogens with zero attached hydrogens (tertiary/aromatic N) is 1. The highest BCUT2D eigenvalue weighted by molar-refractivity contribution is 5.86. The molecule has 0 saturated heterocycles. The van der Waals surface area contributed by atoms with Crippen LogP contribution < -0.4 is 9.47 Å². The summed E-state index contributed by atoms with van der Waals surface area (Å²) in [5, 5.41) is 1.24. The molecule has 0 aliphatic rings. The Morgan fingerprint density at radius 3 is 1.52 bits per heavy atom. The summed E-state index contributed by atoms with van der Waals surface area (Å²) >= 11 is 0. The number of hydroxylamine groups is 2. The quantitative estimate of drug-likeness (QED) is 0.769. The molecule has 0 fully saturated rings. The van der Waals surface area contributed by atoms with E-state index in [1.807, 2.05) is 48.5 Å². The van der Waals surface area contributed by atoms with Gasteiger partial charge in [-0.15, -0.1) is 0 Å². The molecule has 0 radical (unpaired) electrons. The molecule has 0 bridgehead atoms. The Bertz CT molecular complexity index is 590. The van der Waals surface area contributed by atoms with Crippen molar-refractivity contribution in [3.8, 4) is 11.5 Å². The molecule has 122 valence electrons. The lowest BCUT2D eigenvalue weighted by Gasteiger charge is -2.23. The average Bonchev–Trinajstić information content (AvgIpc) is 2.62. The summed E-state index contributed by atoms with van der Waals surface area (Å²) < 4.78 is 10.4. The van der Waals surface area contributed by atoms with Gasteiger partial charge in [0.25, 0.3) is 5.91 Å². The highest BCUT2D eigenvalue weighted by Crippen LogP contribution is 2.29. The third-order valence-electron chi connectivity index (χ3n) is 3.73. The highest BCUT2D eigenvalue weighted by Gasteiger charge is 2.26. The largest absolute Gasteiger partial charge is 0.497 e. The summed E-state index contributed by atoms with van der Waals surface area (Å²) in [6.07, 6.45) is 0. The van der Waals surface area contributed by atoms with E-state index in [9.17, 15) is 4.79 Å². The number of benzene rings is 2. The zero-order valence-electron chi connectivity index (χ0n) is 13.8. The Morgan fingerprint density at radius 2 is 1.22 bits per heavy atom. The van der Waals surface area contributed by atoms with E-state index >= 15 is 0 Å². The number of hydrogen-bond acceptors (Lipinski definition) is 4. The van der Waals surface area contributed by atoms with Gasteiger partial charge in [-0.05, 0) is 35.4 Å². The fraction of sp³-hybridized carbons (Fsp3) is 0.278. The zero-order chi connectivity index (χ0) is 16.8. The van der Waals surface area contributed by atoms with E-state index in [2.05, 4.69) is 0 Å². The van der Waals surface area contributed by atoms with Gasteiger partial charge in [0.1, 0.15) is 11.5 Å². The summed E-state index contributed by atoms with van der Waals surface area (Å²) in [4.78, 5) is 17.8. The fourth-order valence-electron chi connectivity index (χ4n) is 2.34. The van der Waals surface area contributed by atoms with Crippen LogP contribution in [0, 0.1) is 0 Å². The summed E-state index contributed by atoms with van der Waals surface area (Å²) in [5.41, 5.74) is 1.73. The normalized spacial score (nSPS) is 10.5. The van der Waals surface area contributed by atoms with Gasteiger partial charge >= 0.3 is 0 Å². The topological polar surface area (TPSA) is 48.0 Å². The molecule has 5 nitrogen and oxygen atoms in total. The van der Waals surface area contributed by atoms with E-state index < -0.39 is 5.92 Å². The van der Waals surface area contributed by atoms with Gasteiger partial charge in [-0.3, -0.25) is 9.63 Å². The minimum atomic E-state index is -0.461. The van der Waals surface area contributed by atoms with Gasteiger partial charge in [-0.25, -0.2) is 5.06 Å². The predicted molar refractivity (Wildman–Crippen MR) is 87.6 cm³/mol. The molecule has 1 amide bonds. The fourth-order valence-corrected chi connectivity index (χ4v) is 2.34. The number of hydrogen-bond donors (Lipinski definition) is 0. The number of carbonyl (C=O) groups is 1. The van der Waals surface area contributed by atoms with Crippen molar-refractivity contribution < 1.29 is 19.1 Å². The molecule has 0 unspecified atom stereocenters. The summed E-state index contributed by atoms with van der Waals surface area (Å²) in [7, 11) is 6.29. The molecule has 2 aromatic carbocycles. The first-order chi connectivity index (χ1) is 11.1. The van der Waals surface area contributed by atoms with Crippen molar-refractivity contribution in [3.05, 3.63) is 59.7 Å². The van der Waals surface area contributed by atoms with E-state index in [4.69, 9.17) is 14.3 Å². The summed E-state index contributed by atoms with van der Waals surface area (Å²) in [6.45, 7) is 0.